The van der Waals surface area contributed by atoms with Crippen LogP contribution in [0.2, 0.25) is 0 Å². The molecular weight excluding hydrogens is 204 g/mol. The largest absolute Gasteiger partial charge is 0.371 e. The van der Waals surface area contributed by atoms with E-state index in [4.69, 9.17) is 4.55 Å². The van der Waals surface area contributed by atoms with Gasteiger partial charge in [-0.25, -0.2) is 0 Å². The van der Waals surface area contributed by atoms with Crippen LogP contribution in [0.3, 0.4) is 0 Å². The van der Waals surface area contributed by atoms with Crippen molar-refractivity contribution in [2.45, 2.75) is 19.3 Å². The predicted octanol–water partition coefficient (Wildman–Crippen LogP) is 1.18. The SMILES string of the molecule is Cc1cccc(C(O)S(=O)(=O)O)c1C. The number of rotatable bonds is 2. The number of aryl methyl sites for hydroxylation is 1. The minimum atomic E-state index is -4.44. The number of hydrogen-bond donors (Lipinski definition) is 2. The van der Waals surface area contributed by atoms with Crippen molar-refractivity contribution < 1.29 is 18.1 Å². The Labute approximate surface area is 82.9 Å². The average molecular weight is 216 g/mol. The van der Waals surface area contributed by atoms with Gasteiger partial charge in [0.15, 0.2) is 0 Å². The molecule has 5 heteroatoms. The summed E-state index contributed by atoms with van der Waals surface area (Å²) in [6.45, 7) is 3.49. The van der Waals surface area contributed by atoms with Gasteiger partial charge in [0, 0.05) is 5.56 Å². The lowest BCUT2D eigenvalue weighted by Crippen LogP contribution is -2.12. The highest BCUT2D eigenvalue weighted by atomic mass is 32.2. The smallest absolute Gasteiger partial charge is 0.296 e. The molecule has 0 aliphatic heterocycles. The lowest BCUT2D eigenvalue weighted by molar-refractivity contribution is 0.237. The van der Waals surface area contributed by atoms with Gasteiger partial charge in [0.25, 0.3) is 10.1 Å². The van der Waals surface area contributed by atoms with E-state index in [9.17, 15) is 13.5 Å². The quantitative estimate of drug-likeness (QED) is 0.728. The molecular formula is C9H12O4S. The van der Waals surface area contributed by atoms with Crippen molar-refractivity contribution in [1.82, 2.24) is 0 Å². The molecule has 0 aliphatic rings. The highest BCUT2D eigenvalue weighted by Gasteiger charge is 2.23. The average Bonchev–Trinajstić information content (AvgIpc) is 2.07. The van der Waals surface area contributed by atoms with Gasteiger partial charge >= 0.3 is 0 Å². The van der Waals surface area contributed by atoms with Crippen LogP contribution in [0.15, 0.2) is 18.2 Å². The van der Waals surface area contributed by atoms with E-state index in [-0.39, 0.29) is 5.56 Å². The second-order valence-corrected chi connectivity index (χ2v) is 4.63. The first kappa shape index (κ1) is 11.2. The standard InChI is InChI=1S/C9H12O4S/c1-6-4-3-5-8(7(6)2)9(10)14(11,12)13/h3-5,9-10H,1-2H3,(H,11,12,13). The number of benzene rings is 1. The maximum absolute atomic E-state index is 10.7. The molecule has 2 N–H and O–H groups in total. The first-order valence-electron chi connectivity index (χ1n) is 4.04. The highest BCUT2D eigenvalue weighted by molar-refractivity contribution is 7.85. The monoisotopic (exact) mass is 216 g/mol. The zero-order chi connectivity index (χ0) is 10.9. The zero-order valence-electron chi connectivity index (χ0n) is 7.93. The minimum absolute atomic E-state index is 0.215. The fourth-order valence-electron chi connectivity index (χ4n) is 1.20. The summed E-state index contributed by atoms with van der Waals surface area (Å²) in [4.78, 5) is 0. The van der Waals surface area contributed by atoms with Gasteiger partial charge in [-0.2, -0.15) is 8.42 Å². The Morgan fingerprint density at radius 1 is 1.29 bits per heavy atom. The molecule has 0 aliphatic carbocycles. The fourth-order valence-corrected chi connectivity index (χ4v) is 1.78. The van der Waals surface area contributed by atoms with E-state index < -0.39 is 15.6 Å². The van der Waals surface area contributed by atoms with E-state index in [0.717, 1.165) is 5.56 Å². The summed E-state index contributed by atoms with van der Waals surface area (Å²) in [5, 5.41) is 9.32. The van der Waals surface area contributed by atoms with E-state index >= 15 is 0 Å². The van der Waals surface area contributed by atoms with Crippen LogP contribution in [0.25, 0.3) is 0 Å². The summed E-state index contributed by atoms with van der Waals surface area (Å²) >= 11 is 0. The molecule has 1 unspecified atom stereocenters. The summed E-state index contributed by atoms with van der Waals surface area (Å²) < 4.78 is 30.1. The molecule has 0 saturated carbocycles. The first-order chi connectivity index (χ1) is 6.34. The molecule has 78 valence electrons. The van der Waals surface area contributed by atoms with Gasteiger partial charge in [-0.3, -0.25) is 4.55 Å². The summed E-state index contributed by atoms with van der Waals surface area (Å²) in [5.74, 6) is 0. The summed E-state index contributed by atoms with van der Waals surface area (Å²) in [7, 11) is -4.44. The first-order valence-corrected chi connectivity index (χ1v) is 5.55. The second-order valence-electron chi connectivity index (χ2n) is 3.16. The Morgan fingerprint density at radius 2 is 1.86 bits per heavy atom. The van der Waals surface area contributed by atoms with Crippen LogP contribution in [0.4, 0.5) is 0 Å². The topological polar surface area (TPSA) is 74.6 Å². The van der Waals surface area contributed by atoms with Crippen molar-refractivity contribution in [2.24, 2.45) is 0 Å². The molecule has 14 heavy (non-hydrogen) atoms. The third-order valence-electron chi connectivity index (χ3n) is 2.19. The maximum atomic E-state index is 10.7. The third kappa shape index (κ3) is 2.12. The van der Waals surface area contributed by atoms with Gasteiger partial charge < -0.3 is 5.11 Å². The lowest BCUT2D eigenvalue weighted by Gasteiger charge is -2.12. The summed E-state index contributed by atoms with van der Waals surface area (Å²) in [6, 6.07) is 4.91. The van der Waals surface area contributed by atoms with Crippen LogP contribution in [0, 0.1) is 13.8 Å². The van der Waals surface area contributed by atoms with Gasteiger partial charge in [-0.05, 0) is 25.0 Å². The number of aliphatic hydroxyl groups is 1. The van der Waals surface area contributed by atoms with E-state index in [0.29, 0.717) is 5.56 Å². The minimum Gasteiger partial charge on any atom is -0.371 e. The molecule has 0 spiro atoms. The lowest BCUT2D eigenvalue weighted by atomic mass is 10.0. The molecule has 0 fully saturated rings. The normalized spacial score (nSPS) is 14.0. The van der Waals surface area contributed by atoms with E-state index in [2.05, 4.69) is 0 Å². The van der Waals surface area contributed by atoms with Crippen LogP contribution >= 0.6 is 0 Å². The van der Waals surface area contributed by atoms with Crippen LogP contribution < -0.4 is 0 Å². The van der Waals surface area contributed by atoms with Gasteiger partial charge in [0.1, 0.15) is 0 Å². The molecule has 0 bridgehead atoms. The third-order valence-corrected chi connectivity index (χ3v) is 3.01. The summed E-state index contributed by atoms with van der Waals surface area (Å²) in [5.41, 5.74) is -0.113. The molecule has 0 heterocycles. The molecule has 1 atom stereocenters. The predicted molar refractivity (Wildman–Crippen MR) is 52.4 cm³/mol. The van der Waals surface area contributed by atoms with E-state index in [1.165, 1.54) is 6.07 Å². The molecule has 0 radical (unpaired) electrons. The molecule has 1 rings (SSSR count). The Bertz CT molecular complexity index is 436. The summed E-state index contributed by atoms with van der Waals surface area (Å²) in [6.07, 6.45) is 0. The van der Waals surface area contributed by atoms with Crippen molar-refractivity contribution in [3.63, 3.8) is 0 Å². The molecule has 0 aromatic heterocycles. The Morgan fingerprint density at radius 3 is 2.36 bits per heavy atom. The number of hydrogen-bond acceptors (Lipinski definition) is 3. The molecule has 0 amide bonds. The van der Waals surface area contributed by atoms with Crippen LogP contribution in [-0.2, 0) is 10.1 Å². The van der Waals surface area contributed by atoms with Gasteiger partial charge in [0.05, 0.1) is 0 Å². The van der Waals surface area contributed by atoms with Crippen molar-refractivity contribution in [1.29, 1.82) is 0 Å². The van der Waals surface area contributed by atoms with Crippen LogP contribution in [0.1, 0.15) is 22.1 Å². The van der Waals surface area contributed by atoms with E-state index in [1.807, 2.05) is 0 Å². The highest BCUT2D eigenvalue weighted by Crippen LogP contribution is 2.23. The van der Waals surface area contributed by atoms with E-state index in [1.54, 1.807) is 26.0 Å². The van der Waals surface area contributed by atoms with Crippen molar-refractivity contribution in [2.75, 3.05) is 0 Å². The van der Waals surface area contributed by atoms with Crippen molar-refractivity contribution >= 4 is 10.1 Å². The molecule has 1 aromatic rings. The number of aliphatic hydroxyl groups excluding tert-OH is 1. The van der Waals surface area contributed by atoms with Crippen molar-refractivity contribution in [3.8, 4) is 0 Å². The molecule has 4 nitrogen and oxygen atoms in total. The van der Waals surface area contributed by atoms with Gasteiger partial charge in [-0.1, -0.05) is 18.2 Å². The molecule has 1 aromatic carbocycles. The Balaban J connectivity index is 3.28. The van der Waals surface area contributed by atoms with Crippen LogP contribution in [-0.4, -0.2) is 18.1 Å². The van der Waals surface area contributed by atoms with Gasteiger partial charge in [-0.15, -0.1) is 0 Å². The van der Waals surface area contributed by atoms with Gasteiger partial charge in [0.2, 0.25) is 5.44 Å². The molecule has 0 saturated heterocycles. The second kappa shape index (κ2) is 3.68. The Kier molecular flexibility index (Phi) is 2.94. The Hall–Kier alpha value is -0.910. The zero-order valence-corrected chi connectivity index (χ0v) is 8.75. The van der Waals surface area contributed by atoms with Crippen LogP contribution in [0.5, 0.6) is 0 Å². The maximum Gasteiger partial charge on any atom is 0.296 e. The fraction of sp³-hybridized carbons (Fsp3) is 0.333. The van der Waals surface area contributed by atoms with Crippen molar-refractivity contribution in [3.05, 3.63) is 34.9 Å².